The van der Waals surface area contributed by atoms with Crippen molar-refractivity contribution in [2.75, 3.05) is 16.6 Å². The van der Waals surface area contributed by atoms with Gasteiger partial charge in [0, 0.05) is 16.4 Å². The van der Waals surface area contributed by atoms with Gasteiger partial charge in [0.1, 0.15) is 5.75 Å². The second-order valence-corrected chi connectivity index (χ2v) is 9.15. The SMILES string of the molecule is O=C(COc1ccc(S(=O)(=O)Nc2cccc(C(F)(F)F)c2)cc1Cl)Nc1ccc(Cl)cc1. The van der Waals surface area contributed by atoms with Crippen LogP contribution in [0.15, 0.2) is 71.6 Å². The smallest absolute Gasteiger partial charge is 0.416 e. The molecule has 0 aliphatic carbocycles. The lowest BCUT2D eigenvalue weighted by Crippen LogP contribution is -2.20. The van der Waals surface area contributed by atoms with Gasteiger partial charge in [-0.3, -0.25) is 9.52 Å². The Balaban J connectivity index is 1.66. The van der Waals surface area contributed by atoms with Crippen molar-refractivity contribution in [1.29, 1.82) is 0 Å². The van der Waals surface area contributed by atoms with Crippen LogP contribution in [0.5, 0.6) is 5.75 Å². The number of sulfonamides is 1. The molecule has 0 radical (unpaired) electrons. The fourth-order valence-corrected chi connectivity index (χ4v) is 4.11. The van der Waals surface area contributed by atoms with E-state index in [1.807, 2.05) is 0 Å². The Hall–Kier alpha value is -2.95. The zero-order chi connectivity index (χ0) is 24.2. The first-order valence-electron chi connectivity index (χ1n) is 9.12. The molecule has 0 saturated heterocycles. The number of amides is 1. The fourth-order valence-electron chi connectivity index (χ4n) is 2.61. The van der Waals surface area contributed by atoms with E-state index in [1.54, 1.807) is 24.3 Å². The maximum absolute atomic E-state index is 12.8. The zero-order valence-corrected chi connectivity index (χ0v) is 18.8. The van der Waals surface area contributed by atoms with Crippen LogP contribution in [-0.4, -0.2) is 20.9 Å². The van der Waals surface area contributed by atoms with E-state index < -0.39 is 34.3 Å². The van der Waals surface area contributed by atoms with Crippen molar-refractivity contribution in [2.45, 2.75) is 11.1 Å². The monoisotopic (exact) mass is 518 g/mol. The number of carbonyl (C=O) groups is 1. The third-order valence-electron chi connectivity index (χ3n) is 4.14. The summed E-state index contributed by atoms with van der Waals surface area (Å²) in [4.78, 5) is 11.7. The number of benzene rings is 3. The van der Waals surface area contributed by atoms with E-state index in [2.05, 4.69) is 10.0 Å². The lowest BCUT2D eigenvalue weighted by molar-refractivity contribution is -0.137. The van der Waals surface area contributed by atoms with Crippen molar-refractivity contribution in [1.82, 2.24) is 0 Å². The molecule has 2 N–H and O–H groups in total. The predicted octanol–water partition coefficient (Wildman–Crippen LogP) is 5.83. The van der Waals surface area contributed by atoms with Gasteiger partial charge < -0.3 is 10.1 Å². The Kier molecular flexibility index (Phi) is 7.41. The van der Waals surface area contributed by atoms with E-state index in [0.29, 0.717) is 16.8 Å². The number of hydrogen-bond donors (Lipinski definition) is 2. The predicted molar refractivity (Wildman–Crippen MR) is 119 cm³/mol. The van der Waals surface area contributed by atoms with Gasteiger partial charge in [0.25, 0.3) is 15.9 Å². The molecule has 1 amide bonds. The van der Waals surface area contributed by atoms with Crippen LogP contribution in [0.25, 0.3) is 0 Å². The van der Waals surface area contributed by atoms with E-state index >= 15 is 0 Å². The zero-order valence-electron chi connectivity index (χ0n) is 16.5. The lowest BCUT2D eigenvalue weighted by Gasteiger charge is -2.13. The highest BCUT2D eigenvalue weighted by Crippen LogP contribution is 2.32. The van der Waals surface area contributed by atoms with E-state index in [0.717, 1.165) is 24.3 Å². The highest BCUT2D eigenvalue weighted by Gasteiger charge is 2.30. The summed E-state index contributed by atoms with van der Waals surface area (Å²) >= 11 is 11.8. The fraction of sp³-hybridized carbons (Fsp3) is 0.0952. The molecule has 0 spiro atoms. The highest BCUT2D eigenvalue weighted by molar-refractivity contribution is 7.92. The third kappa shape index (κ3) is 6.77. The van der Waals surface area contributed by atoms with Crippen molar-refractivity contribution < 1.29 is 31.1 Å². The molecule has 3 aromatic rings. The molecule has 0 aliphatic rings. The molecule has 0 aliphatic heterocycles. The molecule has 0 aromatic heterocycles. The van der Waals surface area contributed by atoms with Crippen molar-refractivity contribution in [3.05, 3.63) is 82.3 Å². The van der Waals surface area contributed by atoms with E-state index in [1.165, 1.54) is 12.1 Å². The number of halogens is 5. The number of anilines is 2. The first-order valence-corrected chi connectivity index (χ1v) is 11.4. The van der Waals surface area contributed by atoms with Crippen LogP contribution < -0.4 is 14.8 Å². The standard InChI is InChI=1S/C21H15Cl2F3N2O4S/c22-14-4-6-15(7-5-14)27-20(29)12-32-19-9-8-17(11-18(19)23)33(30,31)28-16-3-1-2-13(10-16)21(24,25)26/h1-11,28H,12H2,(H,27,29). The quantitative estimate of drug-likeness (QED) is 0.412. The Labute approximate surface area is 197 Å². The van der Waals surface area contributed by atoms with Crippen LogP contribution in [0, 0.1) is 0 Å². The largest absolute Gasteiger partial charge is 0.482 e. The summed E-state index contributed by atoms with van der Waals surface area (Å²) < 4.78 is 71.0. The number of hydrogen-bond acceptors (Lipinski definition) is 4. The second kappa shape index (κ2) is 9.90. The minimum Gasteiger partial charge on any atom is -0.482 e. The molecular formula is C21H15Cl2F3N2O4S. The second-order valence-electron chi connectivity index (χ2n) is 6.62. The summed E-state index contributed by atoms with van der Waals surface area (Å²) in [6, 6.07) is 13.6. The molecule has 33 heavy (non-hydrogen) atoms. The number of nitrogens with one attached hydrogen (secondary N) is 2. The normalized spacial score (nSPS) is 11.7. The van der Waals surface area contributed by atoms with Crippen LogP contribution >= 0.6 is 23.2 Å². The van der Waals surface area contributed by atoms with Gasteiger partial charge >= 0.3 is 6.18 Å². The van der Waals surface area contributed by atoms with Gasteiger partial charge in [-0.2, -0.15) is 13.2 Å². The van der Waals surface area contributed by atoms with E-state index in [-0.39, 0.29) is 21.4 Å². The molecule has 0 heterocycles. The maximum atomic E-state index is 12.8. The number of rotatable bonds is 7. The van der Waals surface area contributed by atoms with Crippen LogP contribution in [0.2, 0.25) is 10.0 Å². The number of ether oxygens (including phenoxy) is 1. The van der Waals surface area contributed by atoms with Crippen molar-refractivity contribution >= 4 is 50.5 Å². The summed E-state index contributed by atoms with van der Waals surface area (Å²) in [5.74, 6) is -0.447. The Bertz CT molecular complexity index is 1270. The number of alkyl halides is 3. The molecule has 0 unspecified atom stereocenters. The van der Waals surface area contributed by atoms with E-state index in [4.69, 9.17) is 27.9 Å². The summed E-state index contributed by atoms with van der Waals surface area (Å²) in [7, 11) is -4.24. The Morgan fingerprint density at radius 2 is 1.64 bits per heavy atom. The third-order valence-corrected chi connectivity index (χ3v) is 6.07. The summed E-state index contributed by atoms with van der Waals surface area (Å²) in [6.45, 7) is -0.406. The number of carbonyl (C=O) groups excluding carboxylic acids is 1. The highest BCUT2D eigenvalue weighted by atomic mass is 35.5. The van der Waals surface area contributed by atoms with Gasteiger partial charge in [-0.15, -0.1) is 0 Å². The first-order chi connectivity index (χ1) is 15.4. The summed E-state index contributed by atoms with van der Waals surface area (Å²) in [6.07, 6.45) is -4.62. The van der Waals surface area contributed by atoms with Crippen LogP contribution in [0.1, 0.15) is 5.56 Å². The van der Waals surface area contributed by atoms with Crippen molar-refractivity contribution in [2.24, 2.45) is 0 Å². The van der Waals surface area contributed by atoms with Gasteiger partial charge in [-0.1, -0.05) is 29.3 Å². The summed E-state index contributed by atoms with van der Waals surface area (Å²) in [5, 5.41) is 2.98. The molecule has 3 rings (SSSR count). The van der Waals surface area contributed by atoms with Gasteiger partial charge in [-0.05, 0) is 60.7 Å². The van der Waals surface area contributed by atoms with Gasteiger partial charge in [0.2, 0.25) is 0 Å². The molecule has 0 saturated carbocycles. The average Bonchev–Trinajstić information content (AvgIpc) is 2.74. The Morgan fingerprint density at radius 3 is 2.27 bits per heavy atom. The molecule has 3 aromatic carbocycles. The molecule has 0 bridgehead atoms. The van der Waals surface area contributed by atoms with E-state index in [9.17, 15) is 26.4 Å². The van der Waals surface area contributed by atoms with Gasteiger partial charge in [0.05, 0.1) is 15.5 Å². The van der Waals surface area contributed by atoms with Gasteiger partial charge in [0.15, 0.2) is 6.61 Å². The minimum absolute atomic E-state index is 0.0425. The van der Waals surface area contributed by atoms with Crippen LogP contribution in [0.3, 0.4) is 0 Å². The lowest BCUT2D eigenvalue weighted by atomic mass is 10.2. The molecule has 12 heteroatoms. The maximum Gasteiger partial charge on any atom is 0.416 e. The molecule has 0 fully saturated rings. The molecule has 174 valence electrons. The minimum atomic E-state index is -4.62. The topological polar surface area (TPSA) is 84.5 Å². The van der Waals surface area contributed by atoms with Crippen LogP contribution in [-0.2, 0) is 21.0 Å². The first kappa shape index (κ1) is 24.7. The molecular weight excluding hydrogens is 504 g/mol. The molecule has 6 nitrogen and oxygen atoms in total. The van der Waals surface area contributed by atoms with Gasteiger partial charge in [-0.25, -0.2) is 8.42 Å². The average molecular weight is 519 g/mol. The Morgan fingerprint density at radius 1 is 0.939 bits per heavy atom. The van der Waals surface area contributed by atoms with Crippen LogP contribution in [0.4, 0.5) is 24.5 Å². The van der Waals surface area contributed by atoms with Crippen molar-refractivity contribution in [3.8, 4) is 5.75 Å². The molecule has 0 atom stereocenters. The summed E-state index contributed by atoms with van der Waals surface area (Å²) in [5.41, 5.74) is -0.761. The van der Waals surface area contributed by atoms with Crippen molar-refractivity contribution in [3.63, 3.8) is 0 Å².